The van der Waals surface area contributed by atoms with Crippen molar-refractivity contribution in [1.29, 1.82) is 0 Å². The minimum Gasteiger partial charge on any atom is -0.488 e. The monoisotopic (exact) mass is 479 g/mol. The van der Waals surface area contributed by atoms with Crippen LogP contribution in [0.15, 0.2) is 36.4 Å². The molecule has 3 heterocycles. The number of benzene rings is 2. The van der Waals surface area contributed by atoms with E-state index >= 15 is 0 Å². The molecule has 0 aliphatic carbocycles. The fraction of sp³-hybridized carbons (Fsp3) is 0.400. The number of rotatable bonds is 6. The SMILES string of the molecule is BC1(N2Cc3c(OCc4ccc(CN5CCOCC5)cc4F)cccc3C2=O)CCC(=O)NC1=O. The lowest BCUT2D eigenvalue weighted by Gasteiger charge is -2.39. The van der Waals surface area contributed by atoms with E-state index in [0.717, 1.165) is 18.7 Å². The molecule has 2 saturated heterocycles. The zero-order valence-corrected chi connectivity index (χ0v) is 19.6. The van der Waals surface area contributed by atoms with E-state index in [-0.39, 0.29) is 43.6 Å². The van der Waals surface area contributed by atoms with Crippen LogP contribution >= 0.6 is 0 Å². The lowest BCUT2D eigenvalue weighted by Crippen LogP contribution is -2.63. The molecule has 1 unspecified atom stereocenters. The second-order valence-corrected chi connectivity index (χ2v) is 9.43. The van der Waals surface area contributed by atoms with E-state index in [4.69, 9.17) is 9.47 Å². The summed E-state index contributed by atoms with van der Waals surface area (Å²) in [6.07, 6.45) is 0.433. The molecule has 1 atom stereocenters. The van der Waals surface area contributed by atoms with Crippen LogP contribution in [0.1, 0.15) is 39.9 Å². The molecular weight excluding hydrogens is 452 g/mol. The number of hydrogen-bond acceptors (Lipinski definition) is 6. The molecule has 10 heteroatoms. The first kappa shape index (κ1) is 23.5. The van der Waals surface area contributed by atoms with Crippen molar-refractivity contribution < 1.29 is 28.2 Å². The molecule has 3 aliphatic rings. The Morgan fingerprint density at radius 2 is 1.94 bits per heavy atom. The van der Waals surface area contributed by atoms with Crippen LogP contribution in [-0.2, 0) is 34.0 Å². The van der Waals surface area contributed by atoms with E-state index in [1.165, 1.54) is 4.90 Å². The van der Waals surface area contributed by atoms with Crippen molar-refractivity contribution in [2.45, 2.75) is 38.0 Å². The van der Waals surface area contributed by atoms with Crippen molar-refractivity contribution in [3.05, 3.63) is 64.5 Å². The molecular formula is C25H27BFN3O5. The van der Waals surface area contributed by atoms with Crippen LogP contribution in [0.5, 0.6) is 5.75 Å². The molecule has 0 spiro atoms. The van der Waals surface area contributed by atoms with Gasteiger partial charge in [-0.3, -0.25) is 24.6 Å². The maximum absolute atomic E-state index is 14.8. The number of hydrogen-bond donors (Lipinski definition) is 1. The van der Waals surface area contributed by atoms with Crippen LogP contribution in [0.2, 0.25) is 0 Å². The second kappa shape index (κ2) is 9.43. The molecule has 2 aromatic carbocycles. The highest BCUT2D eigenvalue weighted by Gasteiger charge is 2.48. The zero-order chi connectivity index (χ0) is 24.6. The van der Waals surface area contributed by atoms with Gasteiger partial charge in [-0.2, -0.15) is 0 Å². The van der Waals surface area contributed by atoms with Gasteiger partial charge in [0, 0.05) is 42.7 Å². The van der Waals surface area contributed by atoms with E-state index in [1.807, 2.05) is 6.07 Å². The van der Waals surface area contributed by atoms with Crippen molar-refractivity contribution in [2.24, 2.45) is 0 Å². The smallest absolute Gasteiger partial charge is 0.254 e. The van der Waals surface area contributed by atoms with Crippen LogP contribution in [0.3, 0.4) is 0 Å². The molecule has 0 aromatic heterocycles. The average Bonchev–Trinajstić information content (AvgIpc) is 3.20. The Balaban J connectivity index is 1.28. The van der Waals surface area contributed by atoms with E-state index in [0.29, 0.717) is 42.2 Å². The first-order valence-electron chi connectivity index (χ1n) is 11.8. The summed E-state index contributed by atoms with van der Waals surface area (Å²) in [5.74, 6) is -0.950. The number of amides is 3. The largest absolute Gasteiger partial charge is 0.488 e. The number of nitrogens with zero attached hydrogens (tertiary/aromatic N) is 2. The van der Waals surface area contributed by atoms with Crippen LogP contribution in [0, 0.1) is 5.82 Å². The van der Waals surface area contributed by atoms with Crippen LogP contribution in [0.25, 0.3) is 0 Å². The number of ether oxygens (including phenoxy) is 2. The van der Waals surface area contributed by atoms with Crippen molar-refractivity contribution in [1.82, 2.24) is 15.1 Å². The third-order valence-corrected chi connectivity index (χ3v) is 7.11. The summed E-state index contributed by atoms with van der Waals surface area (Å²) in [5.41, 5.74) is 1.31. The van der Waals surface area contributed by atoms with Crippen LogP contribution < -0.4 is 10.1 Å². The standard InChI is InChI=1S/C25H27BFN3O5/c26-25(7-6-22(31)28-24(25)33)30-14-19-18(23(30)32)2-1-3-21(19)35-15-17-5-4-16(12-20(17)27)13-29-8-10-34-11-9-29/h1-5,12H,6-11,13-15,26H2,(H,28,31,33). The zero-order valence-electron chi connectivity index (χ0n) is 19.6. The van der Waals surface area contributed by atoms with Crippen molar-refractivity contribution >= 4 is 25.6 Å². The van der Waals surface area contributed by atoms with Gasteiger partial charge in [0.2, 0.25) is 11.8 Å². The van der Waals surface area contributed by atoms with Crippen LogP contribution in [0.4, 0.5) is 4.39 Å². The van der Waals surface area contributed by atoms with Gasteiger partial charge in [-0.1, -0.05) is 18.2 Å². The maximum atomic E-state index is 14.8. The number of carbonyl (C=O) groups is 3. The third-order valence-electron chi connectivity index (χ3n) is 7.11. The summed E-state index contributed by atoms with van der Waals surface area (Å²) < 4.78 is 26.1. The molecule has 8 nitrogen and oxygen atoms in total. The maximum Gasteiger partial charge on any atom is 0.254 e. The number of morpholine rings is 1. The summed E-state index contributed by atoms with van der Waals surface area (Å²) in [7, 11) is 1.67. The predicted octanol–water partition coefficient (Wildman–Crippen LogP) is 0.959. The Morgan fingerprint density at radius 3 is 2.69 bits per heavy atom. The Morgan fingerprint density at radius 1 is 1.14 bits per heavy atom. The lowest BCUT2D eigenvalue weighted by molar-refractivity contribution is -0.138. The highest BCUT2D eigenvalue weighted by Crippen LogP contribution is 2.37. The van der Waals surface area contributed by atoms with Crippen LogP contribution in [-0.4, -0.2) is 67.1 Å². The van der Waals surface area contributed by atoms with Gasteiger partial charge in [0.05, 0.1) is 25.2 Å². The van der Waals surface area contributed by atoms with Gasteiger partial charge in [0.25, 0.3) is 5.91 Å². The van der Waals surface area contributed by atoms with Gasteiger partial charge < -0.3 is 14.4 Å². The Bertz CT molecular complexity index is 1190. The Hall–Kier alpha value is -3.24. The van der Waals surface area contributed by atoms with Crippen molar-refractivity contribution in [3.8, 4) is 5.75 Å². The van der Waals surface area contributed by atoms with E-state index < -0.39 is 11.3 Å². The molecule has 0 saturated carbocycles. The topological polar surface area (TPSA) is 88.2 Å². The number of halogens is 1. The van der Waals surface area contributed by atoms with E-state index in [1.54, 1.807) is 38.2 Å². The number of imide groups is 1. The molecule has 3 aliphatic heterocycles. The Kier molecular flexibility index (Phi) is 6.33. The summed E-state index contributed by atoms with van der Waals surface area (Å²) in [4.78, 5) is 41.1. The molecule has 2 fully saturated rings. The highest BCUT2D eigenvalue weighted by molar-refractivity contribution is 6.32. The van der Waals surface area contributed by atoms with Gasteiger partial charge in [-0.15, -0.1) is 0 Å². The number of carbonyl (C=O) groups excluding carboxylic acids is 3. The van der Waals surface area contributed by atoms with Gasteiger partial charge in [0.15, 0.2) is 0 Å². The average molecular weight is 479 g/mol. The Labute approximate surface area is 203 Å². The van der Waals surface area contributed by atoms with Crippen molar-refractivity contribution in [3.63, 3.8) is 0 Å². The van der Waals surface area contributed by atoms with E-state index in [9.17, 15) is 18.8 Å². The number of nitrogens with one attached hydrogen (secondary N) is 1. The highest BCUT2D eigenvalue weighted by atomic mass is 19.1. The van der Waals surface area contributed by atoms with Gasteiger partial charge >= 0.3 is 0 Å². The summed E-state index contributed by atoms with van der Waals surface area (Å²) in [6.45, 7) is 3.92. The molecule has 35 heavy (non-hydrogen) atoms. The summed E-state index contributed by atoms with van der Waals surface area (Å²) in [6, 6.07) is 10.3. The van der Waals surface area contributed by atoms with Gasteiger partial charge in [0.1, 0.15) is 26.0 Å². The summed E-state index contributed by atoms with van der Waals surface area (Å²) in [5, 5.41) is 2.34. The number of fused-ring (bicyclic) bond motifs is 1. The third kappa shape index (κ3) is 4.55. The molecule has 0 bridgehead atoms. The normalized spacial score (nSPS) is 22.8. The fourth-order valence-electron chi connectivity index (χ4n) is 4.87. The van der Waals surface area contributed by atoms with E-state index in [2.05, 4.69) is 10.2 Å². The van der Waals surface area contributed by atoms with Gasteiger partial charge in [-0.25, -0.2) is 4.39 Å². The number of piperidine rings is 1. The molecule has 5 rings (SSSR count). The first-order valence-corrected chi connectivity index (χ1v) is 11.8. The van der Waals surface area contributed by atoms with Crippen molar-refractivity contribution in [2.75, 3.05) is 26.3 Å². The molecule has 182 valence electrons. The second-order valence-electron chi connectivity index (χ2n) is 9.43. The molecule has 0 radical (unpaired) electrons. The minimum atomic E-state index is -1.12. The minimum absolute atomic E-state index is 0.0145. The lowest BCUT2D eigenvalue weighted by atomic mass is 9.70. The predicted molar refractivity (Wildman–Crippen MR) is 127 cm³/mol. The first-order chi connectivity index (χ1) is 16.8. The fourth-order valence-corrected chi connectivity index (χ4v) is 4.87. The molecule has 2 aromatic rings. The summed E-state index contributed by atoms with van der Waals surface area (Å²) >= 11 is 0. The molecule has 1 N–H and O–H groups in total. The van der Waals surface area contributed by atoms with Gasteiger partial charge in [-0.05, 0) is 30.2 Å². The molecule has 3 amide bonds. The quantitative estimate of drug-likeness (QED) is 0.491.